The molecule has 0 spiro atoms. The fourth-order valence-corrected chi connectivity index (χ4v) is 2.86. The van der Waals surface area contributed by atoms with Crippen LogP contribution in [0.2, 0.25) is 5.02 Å². The topological polar surface area (TPSA) is 49.8 Å². The highest BCUT2D eigenvalue weighted by molar-refractivity contribution is 6.31. The second kappa shape index (κ2) is 6.88. The molecule has 0 bridgehead atoms. The second-order valence-corrected chi connectivity index (χ2v) is 7.25. The number of hydrogen-bond donors (Lipinski definition) is 1. The lowest BCUT2D eigenvalue weighted by Crippen LogP contribution is -2.36. The summed E-state index contributed by atoms with van der Waals surface area (Å²) in [6.45, 7) is 6.71. The van der Waals surface area contributed by atoms with Gasteiger partial charge in [-0.25, -0.2) is 4.79 Å². The van der Waals surface area contributed by atoms with Gasteiger partial charge in [0.1, 0.15) is 5.60 Å². The highest BCUT2D eigenvalue weighted by Crippen LogP contribution is 2.26. The van der Waals surface area contributed by atoms with Gasteiger partial charge in [-0.05, 0) is 38.8 Å². The molecule has 1 aromatic rings. The van der Waals surface area contributed by atoms with Gasteiger partial charge in [-0.1, -0.05) is 29.8 Å². The van der Waals surface area contributed by atoms with Crippen molar-refractivity contribution in [2.75, 3.05) is 13.1 Å². The number of carbonyl (C=O) groups is 1. The van der Waals surface area contributed by atoms with Crippen molar-refractivity contribution in [2.45, 2.75) is 45.3 Å². The molecule has 1 saturated heterocycles. The highest BCUT2D eigenvalue weighted by Gasteiger charge is 2.33. The van der Waals surface area contributed by atoms with E-state index < -0.39 is 11.7 Å². The normalized spacial score (nSPS) is 20.0. The predicted molar refractivity (Wildman–Crippen MR) is 87.1 cm³/mol. The molecule has 1 N–H and O–H groups in total. The maximum atomic E-state index is 12.0. The number of hydrogen-bond acceptors (Lipinski definition) is 3. The van der Waals surface area contributed by atoms with Gasteiger partial charge in [-0.15, -0.1) is 0 Å². The Kier molecular flexibility index (Phi) is 5.35. The first kappa shape index (κ1) is 17.1. The van der Waals surface area contributed by atoms with Gasteiger partial charge < -0.3 is 14.7 Å². The molecule has 1 heterocycles. The fraction of sp³-hybridized carbons (Fsp3) is 0.588. The zero-order valence-corrected chi connectivity index (χ0v) is 14.1. The molecule has 1 aromatic carbocycles. The quantitative estimate of drug-likeness (QED) is 0.925. The molecule has 5 heteroatoms. The Morgan fingerprint density at radius 1 is 1.45 bits per heavy atom. The summed E-state index contributed by atoms with van der Waals surface area (Å²) in [7, 11) is 0. The van der Waals surface area contributed by atoms with Gasteiger partial charge >= 0.3 is 6.09 Å². The minimum Gasteiger partial charge on any atom is -0.444 e. The summed E-state index contributed by atoms with van der Waals surface area (Å²) in [6.07, 6.45) is 0.476. The van der Waals surface area contributed by atoms with E-state index in [0.717, 1.165) is 12.0 Å². The van der Waals surface area contributed by atoms with Crippen molar-refractivity contribution in [3.63, 3.8) is 0 Å². The summed E-state index contributed by atoms with van der Waals surface area (Å²) in [5, 5.41) is 11.1. The van der Waals surface area contributed by atoms with Crippen molar-refractivity contribution in [3.05, 3.63) is 34.9 Å². The molecule has 1 aliphatic heterocycles. The Bertz CT molecular complexity index is 527. The fourth-order valence-electron chi connectivity index (χ4n) is 2.65. The van der Waals surface area contributed by atoms with Gasteiger partial charge in [-0.3, -0.25) is 0 Å². The number of amides is 1. The van der Waals surface area contributed by atoms with Crippen molar-refractivity contribution in [3.8, 4) is 0 Å². The van der Waals surface area contributed by atoms with Crippen molar-refractivity contribution in [1.29, 1.82) is 0 Å². The number of halogens is 1. The summed E-state index contributed by atoms with van der Waals surface area (Å²) in [6, 6.07) is 7.53. The maximum Gasteiger partial charge on any atom is 0.410 e. The molecule has 2 unspecified atom stereocenters. The third-order valence-corrected chi connectivity index (χ3v) is 4.18. The Morgan fingerprint density at radius 3 is 2.77 bits per heavy atom. The van der Waals surface area contributed by atoms with Crippen LogP contribution in [-0.4, -0.2) is 40.9 Å². The number of nitrogens with zero attached hydrogens (tertiary/aromatic N) is 1. The van der Waals surface area contributed by atoms with Crippen LogP contribution in [0.15, 0.2) is 24.3 Å². The molecule has 1 amide bonds. The monoisotopic (exact) mass is 325 g/mol. The van der Waals surface area contributed by atoms with E-state index in [1.807, 2.05) is 45.0 Å². The van der Waals surface area contributed by atoms with Crippen LogP contribution >= 0.6 is 11.6 Å². The van der Waals surface area contributed by atoms with Gasteiger partial charge in [0, 0.05) is 30.5 Å². The molecular formula is C17H24ClNO3. The molecule has 2 atom stereocenters. The number of carbonyl (C=O) groups excluding carboxylic acids is 1. The minimum absolute atomic E-state index is 0.0591. The third kappa shape index (κ3) is 4.62. The minimum atomic E-state index is -0.507. The van der Waals surface area contributed by atoms with Crippen molar-refractivity contribution < 1.29 is 14.6 Å². The molecule has 0 aliphatic carbocycles. The summed E-state index contributed by atoms with van der Waals surface area (Å²) in [5.74, 6) is 0.0591. The van der Waals surface area contributed by atoms with E-state index in [2.05, 4.69) is 0 Å². The van der Waals surface area contributed by atoms with Crippen LogP contribution in [0, 0.1) is 5.92 Å². The van der Waals surface area contributed by atoms with E-state index in [9.17, 15) is 9.90 Å². The van der Waals surface area contributed by atoms with Gasteiger partial charge in [0.2, 0.25) is 0 Å². The molecule has 22 heavy (non-hydrogen) atoms. The first-order valence-corrected chi connectivity index (χ1v) is 8.03. The first-order valence-electron chi connectivity index (χ1n) is 7.65. The molecule has 122 valence electrons. The van der Waals surface area contributed by atoms with Crippen LogP contribution in [0.3, 0.4) is 0 Å². The maximum absolute atomic E-state index is 12.0. The van der Waals surface area contributed by atoms with Crippen LogP contribution in [0.5, 0.6) is 0 Å². The Morgan fingerprint density at radius 2 is 2.14 bits per heavy atom. The summed E-state index contributed by atoms with van der Waals surface area (Å²) < 4.78 is 5.37. The number of aliphatic hydroxyl groups is 1. The van der Waals surface area contributed by atoms with Crippen LogP contribution in [0.25, 0.3) is 0 Å². The standard InChI is InChI=1S/C17H24ClNO3/c1-17(2,3)22-16(21)19-9-8-13(11-19)15(20)10-12-6-4-5-7-14(12)18/h4-7,13,15,20H,8-11H2,1-3H3. The number of rotatable bonds is 3. The van der Waals surface area contributed by atoms with Crippen LogP contribution < -0.4 is 0 Å². The summed E-state index contributed by atoms with van der Waals surface area (Å²) >= 11 is 6.13. The molecule has 1 aliphatic rings. The van der Waals surface area contributed by atoms with E-state index in [1.165, 1.54) is 0 Å². The summed E-state index contributed by atoms with van der Waals surface area (Å²) in [5.41, 5.74) is 0.443. The van der Waals surface area contributed by atoms with Crippen LogP contribution in [-0.2, 0) is 11.2 Å². The lowest BCUT2D eigenvalue weighted by Gasteiger charge is -2.25. The van der Waals surface area contributed by atoms with E-state index in [0.29, 0.717) is 24.5 Å². The zero-order valence-electron chi connectivity index (χ0n) is 13.4. The van der Waals surface area contributed by atoms with Gasteiger partial charge in [-0.2, -0.15) is 0 Å². The van der Waals surface area contributed by atoms with Gasteiger partial charge in [0.05, 0.1) is 6.10 Å². The van der Waals surface area contributed by atoms with Crippen molar-refractivity contribution >= 4 is 17.7 Å². The number of aliphatic hydroxyl groups excluding tert-OH is 1. The van der Waals surface area contributed by atoms with Crippen LogP contribution in [0.4, 0.5) is 4.79 Å². The number of benzene rings is 1. The average molecular weight is 326 g/mol. The third-order valence-electron chi connectivity index (χ3n) is 3.81. The van der Waals surface area contributed by atoms with E-state index >= 15 is 0 Å². The smallest absolute Gasteiger partial charge is 0.410 e. The van der Waals surface area contributed by atoms with Crippen LogP contribution in [0.1, 0.15) is 32.8 Å². The molecule has 0 aromatic heterocycles. The van der Waals surface area contributed by atoms with E-state index in [1.54, 1.807) is 4.90 Å². The highest BCUT2D eigenvalue weighted by atomic mass is 35.5. The van der Waals surface area contributed by atoms with E-state index in [4.69, 9.17) is 16.3 Å². The van der Waals surface area contributed by atoms with Crippen molar-refractivity contribution in [2.24, 2.45) is 5.92 Å². The van der Waals surface area contributed by atoms with Crippen molar-refractivity contribution in [1.82, 2.24) is 4.90 Å². The molecule has 2 rings (SSSR count). The number of likely N-dealkylation sites (tertiary alicyclic amines) is 1. The molecular weight excluding hydrogens is 302 g/mol. The molecule has 0 saturated carbocycles. The SMILES string of the molecule is CC(C)(C)OC(=O)N1CCC(C(O)Cc2ccccc2Cl)C1. The molecule has 4 nitrogen and oxygen atoms in total. The average Bonchev–Trinajstić information content (AvgIpc) is 2.89. The molecule has 1 fully saturated rings. The Balaban J connectivity index is 1.90. The number of ether oxygens (including phenoxy) is 1. The lowest BCUT2D eigenvalue weighted by molar-refractivity contribution is 0.0269. The largest absolute Gasteiger partial charge is 0.444 e. The lowest BCUT2D eigenvalue weighted by atomic mass is 9.95. The predicted octanol–water partition coefficient (Wildman–Crippen LogP) is 3.50. The second-order valence-electron chi connectivity index (χ2n) is 6.84. The van der Waals surface area contributed by atoms with Gasteiger partial charge in [0.15, 0.2) is 0 Å². The summed E-state index contributed by atoms with van der Waals surface area (Å²) in [4.78, 5) is 13.7. The first-order chi connectivity index (χ1) is 10.3. The van der Waals surface area contributed by atoms with Gasteiger partial charge in [0.25, 0.3) is 0 Å². The van der Waals surface area contributed by atoms with E-state index in [-0.39, 0.29) is 12.0 Å². The molecule has 0 radical (unpaired) electrons. The Hall–Kier alpha value is -1.26. The Labute approximate surface area is 137 Å². The zero-order chi connectivity index (χ0) is 16.3.